The van der Waals surface area contributed by atoms with E-state index >= 15 is 0 Å². The summed E-state index contributed by atoms with van der Waals surface area (Å²) in [6, 6.07) is 9.64. The van der Waals surface area contributed by atoms with Crippen LogP contribution in [0.25, 0.3) is 0 Å². The zero-order valence-corrected chi connectivity index (χ0v) is 7.24. The lowest BCUT2D eigenvalue weighted by atomic mass is 10.3. The van der Waals surface area contributed by atoms with Crippen molar-refractivity contribution in [1.29, 1.82) is 0 Å². The molecule has 1 aromatic rings. The molecule has 3 heteroatoms. The highest BCUT2D eigenvalue weighted by Gasteiger charge is 1.98. The van der Waals surface area contributed by atoms with Crippen molar-refractivity contribution in [3.63, 3.8) is 0 Å². The number of carbonyl (C=O) groups is 1. The molecule has 0 radical (unpaired) electrons. The largest absolute Gasteiger partial charge is 0.289 e. The lowest BCUT2D eigenvalue weighted by Gasteiger charge is -2.18. The minimum absolute atomic E-state index is 0.0682. The molecule has 0 saturated carbocycles. The standard InChI is InChI=1S/C9H12N2O/c1-8(12)10-11(2)9-6-4-3-5-7-9/h3-7H,1-2H3,(H,10,12). The molecule has 0 atom stereocenters. The van der Waals surface area contributed by atoms with Crippen molar-refractivity contribution < 1.29 is 4.79 Å². The van der Waals surface area contributed by atoms with Crippen LogP contribution in [0.4, 0.5) is 5.69 Å². The average molecular weight is 164 g/mol. The van der Waals surface area contributed by atoms with Gasteiger partial charge in [0, 0.05) is 14.0 Å². The van der Waals surface area contributed by atoms with Gasteiger partial charge in [0.1, 0.15) is 0 Å². The van der Waals surface area contributed by atoms with Gasteiger partial charge in [-0.25, -0.2) is 0 Å². The van der Waals surface area contributed by atoms with Crippen LogP contribution in [0.2, 0.25) is 0 Å². The maximum atomic E-state index is 10.7. The van der Waals surface area contributed by atoms with Crippen molar-refractivity contribution >= 4 is 11.6 Å². The Hall–Kier alpha value is -1.51. The summed E-state index contributed by atoms with van der Waals surface area (Å²) in [5.41, 5.74) is 3.62. The van der Waals surface area contributed by atoms with Crippen molar-refractivity contribution in [2.24, 2.45) is 0 Å². The van der Waals surface area contributed by atoms with Gasteiger partial charge in [-0.2, -0.15) is 0 Å². The highest BCUT2D eigenvalue weighted by atomic mass is 16.2. The van der Waals surface area contributed by atoms with Crippen LogP contribution in [0.1, 0.15) is 6.92 Å². The first-order valence-electron chi connectivity index (χ1n) is 3.76. The number of nitrogens with one attached hydrogen (secondary N) is 1. The fourth-order valence-electron chi connectivity index (χ4n) is 0.952. The maximum absolute atomic E-state index is 10.7. The van der Waals surface area contributed by atoms with Gasteiger partial charge in [-0.15, -0.1) is 0 Å². The zero-order chi connectivity index (χ0) is 8.97. The van der Waals surface area contributed by atoms with E-state index in [4.69, 9.17) is 0 Å². The highest BCUT2D eigenvalue weighted by Crippen LogP contribution is 2.07. The molecule has 12 heavy (non-hydrogen) atoms. The van der Waals surface area contributed by atoms with Gasteiger partial charge in [0.25, 0.3) is 0 Å². The van der Waals surface area contributed by atoms with E-state index in [1.165, 1.54) is 6.92 Å². The van der Waals surface area contributed by atoms with Crippen LogP contribution in [-0.2, 0) is 4.79 Å². The first kappa shape index (κ1) is 8.59. The first-order valence-corrected chi connectivity index (χ1v) is 3.76. The van der Waals surface area contributed by atoms with Crippen LogP contribution in [0.15, 0.2) is 30.3 Å². The Kier molecular flexibility index (Phi) is 2.69. The van der Waals surface area contributed by atoms with Gasteiger partial charge in [-0.05, 0) is 12.1 Å². The molecule has 0 aliphatic carbocycles. The Morgan fingerprint density at radius 3 is 2.42 bits per heavy atom. The second kappa shape index (κ2) is 3.76. The summed E-state index contributed by atoms with van der Waals surface area (Å²) in [6.45, 7) is 1.49. The van der Waals surface area contributed by atoms with Gasteiger partial charge in [0.2, 0.25) is 5.91 Å². The number of hydrogen-bond acceptors (Lipinski definition) is 2. The molecule has 0 heterocycles. The number of carbonyl (C=O) groups excluding carboxylic acids is 1. The van der Waals surface area contributed by atoms with Crippen LogP contribution in [0.5, 0.6) is 0 Å². The van der Waals surface area contributed by atoms with Gasteiger partial charge in [-0.1, -0.05) is 18.2 Å². The number of para-hydroxylation sites is 1. The quantitative estimate of drug-likeness (QED) is 0.665. The number of benzene rings is 1. The van der Waals surface area contributed by atoms with E-state index in [2.05, 4.69) is 5.43 Å². The molecule has 1 rings (SSSR count). The van der Waals surface area contributed by atoms with E-state index in [-0.39, 0.29) is 5.91 Å². The Balaban J connectivity index is 2.65. The molecule has 3 nitrogen and oxygen atoms in total. The normalized spacial score (nSPS) is 9.17. The Morgan fingerprint density at radius 1 is 1.33 bits per heavy atom. The maximum Gasteiger partial charge on any atom is 0.235 e. The molecule has 0 aliphatic heterocycles. The third kappa shape index (κ3) is 2.27. The molecule has 64 valence electrons. The second-order valence-electron chi connectivity index (χ2n) is 2.56. The van der Waals surface area contributed by atoms with E-state index < -0.39 is 0 Å². The Labute approximate surface area is 72.0 Å². The molecule has 1 N–H and O–H groups in total. The van der Waals surface area contributed by atoms with E-state index in [0.29, 0.717) is 0 Å². The fraction of sp³-hybridized carbons (Fsp3) is 0.222. The SMILES string of the molecule is CC(=O)NN(C)c1ccccc1. The second-order valence-corrected chi connectivity index (χ2v) is 2.56. The highest BCUT2D eigenvalue weighted by molar-refractivity contribution is 5.74. The summed E-state index contributed by atoms with van der Waals surface area (Å²) in [7, 11) is 1.80. The summed E-state index contributed by atoms with van der Waals surface area (Å²) in [4.78, 5) is 10.7. The molecule has 0 aliphatic rings. The van der Waals surface area contributed by atoms with E-state index in [0.717, 1.165) is 5.69 Å². The van der Waals surface area contributed by atoms with Gasteiger partial charge in [-0.3, -0.25) is 15.2 Å². The molecule has 0 aromatic heterocycles. The third-order valence-corrected chi connectivity index (χ3v) is 1.47. The minimum Gasteiger partial charge on any atom is -0.289 e. The van der Waals surface area contributed by atoms with Crippen molar-refractivity contribution in [1.82, 2.24) is 5.43 Å². The molecular formula is C9H12N2O. The van der Waals surface area contributed by atoms with Crippen LogP contribution >= 0.6 is 0 Å². The average Bonchev–Trinajstić information content (AvgIpc) is 2.05. The Morgan fingerprint density at radius 2 is 1.92 bits per heavy atom. The lowest BCUT2D eigenvalue weighted by Crippen LogP contribution is -2.37. The first-order chi connectivity index (χ1) is 5.70. The molecule has 1 amide bonds. The summed E-state index contributed by atoms with van der Waals surface area (Å²) < 4.78 is 0. The molecular weight excluding hydrogens is 152 g/mol. The molecule has 0 fully saturated rings. The lowest BCUT2D eigenvalue weighted by molar-refractivity contribution is -0.119. The minimum atomic E-state index is -0.0682. The zero-order valence-electron chi connectivity index (χ0n) is 7.24. The topological polar surface area (TPSA) is 32.3 Å². The van der Waals surface area contributed by atoms with Gasteiger partial charge < -0.3 is 0 Å². The van der Waals surface area contributed by atoms with E-state index in [1.54, 1.807) is 12.1 Å². The van der Waals surface area contributed by atoms with Gasteiger partial charge >= 0.3 is 0 Å². The molecule has 0 saturated heterocycles. The van der Waals surface area contributed by atoms with Gasteiger partial charge in [0.15, 0.2) is 0 Å². The number of anilines is 1. The van der Waals surface area contributed by atoms with Crippen molar-refractivity contribution in [2.45, 2.75) is 6.92 Å². The molecule has 0 bridgehead atoms. The number of hydrazine groups is 1. The summed E-state index contributed by atoms with van der Waals surface area (Å²) in [5, 5.41) is 1.68. The monoisotopic (exact) mass is 164 g/mol. The summed E-state index contributed by atoms with van der Waals surface area (Å²) >= 11 is 0. The fourth-order valence-corrected chi connectivity index (χ4v) is 0.952. The predicted molar refractivity (Wildman–Crippen MR) is 48.7 cm³/mol. The number of rotatable bonds is 2. The van der Waals surface area contributed by atoms with Crippen LogP contribution < -0.4 is 10.4 Å². The summed E-state index contributed by atoms with van der Waals surface area (Å²) in [5.74, 6) is -0.0682. The predicted octanol–water partition coefficient (Wildman–Crippen LogP) is 1.17. The smallest absolute Gasteiger partial charge is 0.235 e. The molecule has 0 spiro atoms. The number of nitrogens with zero attached hydrogens (tertiary/aromatic N) is 1. The van der Waals surface area contributed by atoms with Crippen molar-refractivity contribution in [2.75, 3.05) is 12.1 Å². The third-order valence-electron chi connectivity index (χ3n) is 1.47. The van der Waals surface area contributed by atoms with Crippen LogP contribution in [0.3, 0.4) is 0 Å². The molecule has 1 aromatic carbocycles. The number of hydrogen-bond donors (Lipinski definition) is 1. The van der Waals surface area contributed by atoms with Gasteiger partial charge in [0.05, 0.1) is 5.69 Å². The van der Waals surface area contributed by atoms with Crippen molar-refractivity contribution in [3.05, 3.63) is 30.3 Å². The van der Waals surface area contributed by atoms with E-state index in [9.17, 15) is 4.79 Å². The Bertz CT molecular complexity index is 258. The van der Waals surface area contributed by atoms with Crippen LogP contribution in [-0.4, -0.2) is 13.0 Å². The number of amides is 1. The van der Waals surface area contributed by atoms with Crippen molar-refractivity contribution in [3.8, 4) is 0 Å². The van der Waals surface area contributed by atoms with E-state index in [1.807, 2.05) is 30.3 Å². The molecule has 0 unspecified atom stereocenters. The van der Waals surface area contributed by atoms with Crippen LogP contribution in [0, 0.1) is 0 Å². The summed E-state index contributed by atoms with van der Waals surface area (Å²) in [6.07, 6.45) is 0.